The Labute approximate surface area is 178 Å². The zero-order valence-electron chi connectivity index (χ0n) is 15.8. The summed E-state index contributed by atoms with van der Waals surface area (Å²) in [7, 11) is 1.50. The lowest BCUT2D eigenvalue weighted by Gasteiger charge is -2.17. The predicted molar refractivity (Wildman–Crippen MR) is 115 cm³/mol. The van der Waals surface area contributed by atoms with E-state index in [0.717, 1.165) is 5.56 Å². The number of amides is 1. The fourth-order valence-corrected chi connectivity index (χ4v) is 3.13. The summed E-state index contributed by atoms with van der Waals surface area (Å²) in [5.74, 6) is 0.728. The third-order valence-electron chi connectivity index (χ3n) is 4.19. The zero-order chi connectivity index (χ0) is 21.0. The van der Waals surface area contributed by atoms with Crippen molar-refractivity contribution in [3.63, 3.8) is 0 Å². The summed E-state index contributed by atoms with van der Waals surface area (Å²) < 4.78 is 11.0. The summed E-state index contributed by atoms with van der Waals surface area (Å²) in [4.78, 5) is 16.6. The molecule has 0 radical (unpaired) electrons. The number of carbonyl (C=O) groups is 1. The Morgan fingerprint density at radius 2 is 1.90 bits per heavy atom. The number of rotatable bonds is 6. The normalized spacial score (nSPS) is 11.6. The van der Waals surface area contributed by atoms with Crippen LogP contribution in [0.25, 0.3) is 0 Å². The highest BCUT2D eigenvalue weighted by atomic mass is 35.5. The van der Waals surface area contributed by atoms with E-state index in [1.54, 1.807) is 30.3 Å². The van der Waals surface area contributed by atoms with Crippen LogP contribution in [0.15, 0.2) is 54.7 Å². The van der Waals surface area contributed by atoms with Crippen LogP contribution in [0.4, 0.5) is 11.5 Å². The minimum absolute atomic E-state index is 0.248. The Balaban J connectivity index is 1.77. The maximum atomic E-state index is 12.6. The smallest absolute Gasteiger partial charge is 0.257 e. The zero-order valence-corrected chi connectivity index (χ0v) is 17.3. The molecule has 0 saturated heterocycles. The quantitative estimate of drug-likeness (QED) is 0.547. The molecule has 150 valence electrons. The van der Waals surface area contributed by atoms with E-state index in [1.807, 2.05) is 25.1 Å². The van der Waals surface area contributed by atoms with Crippen LogP contribution in [-0.4, -0.2) is 18.0 Å². The molecule has 1 heterocycles. The SMILES string of the molecule is COc1cccc(C(=O)Nc2cccc(C(C)Oc3cc(Cl)cnc3N)c2)c1Cl. The third-order valence-corrected chi connectivity index (χ3v) is 4.79. The first-order chi connectivity index (χ1) is 13.9. The Bertz CT molecular complexity index is 1040. The summed E-state index contributed by atoms with van der Waals surface area (Å²) in [6.07, 6.45) is 1.10. The lowest BCUT2D eigenvalue weighted by atomic mass is 10.1. The van der Waals surface area contributed by atoms with Crippen molar-refractivity contribution in [1.82, 2.24) is 4.98 Å². The number of nitrogen functional groups attached to an aromatic ring is 1. The van der Waals surface area contributed by atoms with Crippen LogP contribution >= 0.6 is 23.2 Å². The average molecular weight is 432 g/mol. The number of hydrogen-bond acceptors (Lipinski definition) is 5. The van der Waals surface area contributed by atoms with Gasteiger partial charge in [-0.15, -0.1) is 0 Å². The van der Waals surface area contributed by atoms with Crippen LogP contribution in [0, 0.1) is 0 Å². The molecule has 8 heteroatoms. The third kappa shape index (κ3) is 4.91. The Kier molecular flexibility index (Phi) is 6.46. The monoisotopic (exact) mass is 431 g/mol. The van der Waals surface area contributed by atoms with Gasteiger partial charge in [0.1, 0.15) is 11.9 Å². The van der Waals surface area contributed by atoms with E-state index in [2.05, 4.69) is 10.3 Å². The first-order valence-corrected chi connectivity index (χ1v) is 9.46. The largest absolute Gasteiger partial charge is 0.495 e. The van der Waals surface area contributed by atoms with Crippen molar-refractivity contribution < 1.29 is 14.3 Å². The summed E-state index contributed by atoms with van der Waals surface area (Å²) >= 11 is 12.2. The molecule has 29 heavy (non-hydrogen) atoms. The molecule has 1 atom stereocenters. The second-order valence-corrected chi connectivity index (χ2v) is 7.01. The number of ether oxygens (including phenoxy) is 2. The van der Waals surface area contributed by atoms with Crippen molar-refractivity contribution in [2.75, 3.05) is 18.2 Å². The van der Waals surface area contributed by atoms with E-state index in [4.69, 9.17) is 38.4 Å². The van der Waals surface area contributed by atoms with Crippen LogP contribution in [0.1, 0.15) is 28.9 Å². The van der Waals surface area contributed by atoms with Gasteiger partial charge in [0.15, 0.2) is 11.6 Å². The molecule has 3 N–H and O–H groups in total. The number of nitrogens with zero attached hydrogens (tertiary/aromatic N) is 1. The van der Waals surface area contributed by atoms with Crippen molar-refractivity contribution in [3.05, 3.63) is 75.9 Å². The molecule has 3 aromatic rings. The lowest BCUT2D eigenvalue weighted by Crippen LogP contribution is -2.13. The molecule has 0 bridgehead atoms. The van der Waals surface area contributed by atoms with E-state index < -0.39 is 0 Å². The van der Waals surface area contributed by atoms with Crippen molar-refractivity contribution in [2.45, 2.75) is 13.0 Å². The van der Waals surface area contributed by atoms with E-state index in [9.17, 15) is 4.79 Å². The minimum Gasteiger partial charge on any atom is -0.495 e. The van der Waals surface area contributed by atoms with Gasteiger partial charge in [-0.1, -0.05) is 41.4 Å². The van der Waals surface area contributed by atoms with Crippen molar-refractivity contribution in [1.29, 1.82) is 0 Å². The van der Waals surface area contributed by atoms with Crippen molar-refractivity contribution in [3.8, 4) is 11.5 Å². The van der Waals surface area contributed by atoms with E-state index in [1.165, 1.54) is 13.3 Å². The molecule has 6 nitrogen and oxygen atoms in total. The summed E-state index contributed by atoms with van der Waals surface area (Å²) in [6.45, 7) is 1.86. The average Bonchev–Trinajstić information content (AvgIpc) is 2.71. The lowest BCUT2D eigenvalue weighted by molar-refractivity contribution is 0.102. The molecule has 0 spiro atoms. The fourth-order valence-electron chi connectivity index (χ4n) is 2.70. The van der Waals surface area contributed by atoms with Gasteiger partial charge in [0.25, 0.3) is 5.91 Å². The number of nitrogens with two attached hydrogens (primary N) is 1. The first kappa shape index (κ1) is 20.8. The maximum Gasteiger partial charge on any atom is 0.257 e. The standard InChI is InChI=1S/C21H19Cl2N3O3/c1-12(29-18-10-14(22)11-25-20(18)24)13-5-3-6-15(9-13)26-21(27)16-7-4-8-17(28-2)19(16)23/h3-12H,1-2H3,(H2,24,25)(H,26,27). The molecule has 0 aliphatic carbocycles. The topological polar surface area (TPSA) is 86.5 Å². The predicted octanol–water partition coefficient (Wildman–Crippen LogP) is 5.37. The van der Waals surface area contributed by atoms with Crippen molar-refractivity contribution >= 4 is 40.6 Å². The number of benzene rings is 2. The number of hydrogen-bond donors (Lipinski definition) is 2. The fraction of sp³-hybridized carbons (Fsp3) is 0.143. The number of anilines is 2. The number of pyridine rings is 1. The summed E-state index contributed by atoms with van der Waals surface area (Å²) in [6, 6.07) is 13.9. The van der Waals surface area contributed by atoms with Crippen LogP contribution < -0.4 is 20.5 Å². The Morgan fingerprint density at radius 3 is 2.66 bits per heavy atom. The summed E-state index contributed by atoms with van der Waals surface area (Å²) in [5, 5.41) is 3.52. The number of methoxy groups -OCH3 is 1. The van der Waals surface area contributed by atoms with E-state index in [-0.39, 0.29) is 22.9 Å². The second-order valence-electron chi connectivity index (χ2n) is 6.20. The minimum atomic E-state index is -0.352. The highest BCUT2D eigenvalue weighted by Crippen LogP contribution is 2.30. The molecule has 1 aromatic heterocycles. The number of halogens is 2. The van der Waals surface area contributed by atoms with Gasteiger partial charge in [-0.2, -0.15) is 0 Å². The molecule has 0 aliphatic heterocycles. The van der Waals surface area contributed by atoms with Gasteiger partial charge in [0.05, 0.1) is 22.7 Å². The molecule has 0 saturated carbocycles. The maximum absolute atomic E-state index is 12.6. The number of carbonyl (C=O) groups excluding carboxylic acids is 1. The number of aromatic nitrogens is 1. The van der Waals surface area contributed by atoms with Crippen LogP contribution in [0.3, 0.4) is 0 Å². The van der Waals surface area contributed by atoms with Gasteiger partial charge in [0.2, 0.25) is 0 Å². The van der Waals surface area contributed by atoms with E-state index in [0.29, 0.717) is 27.8 Å². The van der Waals surface area contributed by atoms with Gasteiger partial charge in [-0.25, -0.2) is 4.98 Å². The highest BCUT2D eigenvalue weighted by Gasteiger charge is 2.16. The number of nitrogens with one attached hydrogen (secondary N) is 1. The summed E-state index contributed by atoms with van der Waals surface area (Å²) in [5.41, 5.74) is 7.59. The molecule has 2 aromatic carbocycles. The van der Waals surface area contributed by atoms with Crippen LogP contribution in [0.2, 0.25) is 10.0 Å². The molecule has 1 amide bonds. The molecule has 0 fully saturated rings. The Hall–Kier alpha value is -2.96. The van der Waals surface area contributed by atoms with Gasteiger partial charge >= 0.3 is 0 Å². The first-order valence-electron chi connectivity index (χ1n) is 8.70. The highest BCUT2D eigenvalue weighted by molar-refractivity contribution is 6.35. The second kappa shape index (κ2) is 9.03. The van der Waals surface area contributed by atoms with Crippen LogP contribution in [-0.2, 0) is 0 Å². The Morgan fingerprint density at radius 1 is 1.14 bits per heavy atom. The van der Waals surface area contributed by atoms with Gasteiger partial charge in [-0.3, -0.25) is 4.79 Å². The van der Waals surface area contributed by atoms with Crippen LogP contribution in [0.5, 0.6) is 11.5 Å². The molecule has 3 rings (SSSR count). The van der Waals surface area contributed by atoms with Gasteiger partial charge in [-0.05, 0) is 36.8 Å². The van der Waals surface area contributed by atoms with E-state index >= 15 is 0 Å². The van der Waals surface area contributed by atoms with Crippen molar-refractivity contribution in [2.24, 2.45) is 0 Å². The molecular formula is C21H19Cl2N3O3. The molecule has 0 aliphatic rings. The molecular weight excluding hydrogens is 413 g/mol. The van der Waals surface area contributed by atoms with Gasteiger partial charge in [0, 0.05) is 18.0 Å². The van der Waals surface area contributed by atoms with Gasteiger partial charge < -0.3 is 20.5 Å². The molecule has 1 unspecified atom stereocenters.